The molecule has 1 aliphatic carbocycles. The number of hydrogen-bond acceptors (Lipinski definition) is 4. The molecule has 0 bridgehead atoms. The molecule has 3 rings (SSSR count). The first kappa shape index (κ1) is 23.3. The van der Waals surface area contributed by atoms with Crippen LogP contribution in [0.5, 0.6) is 0 Å². The number of Topliss-reactive ketones (excluding diaryl/α,β-unsaturated/α-hetero) is 2. The number of hydrogen-bond donors (Lipinski definition) is 0. The fourth-order valence-corrected chi connectivity index (χ4v) is 3.31. The molecule has 146 valence electrons. The summed E-state index contributed by atoms with van der Waals surface area (Å²) in [4.78, 5) is 28.3. The highest BCUT2D eigenvalue weighted by Gasteiger charge is 2.21. The molecule has 0 fully saturated rings. The maximum Gasteiger partial charge on any atom is 0.176 e. The van der Waals surface area contributed by atoms with Gasteiger partial charge in [0, 0.05) is 11.1 Å². The van der Waals surface area contributed by atoms with Gasteiger partial charge in [-0.2, -0.15) is 0 Å². The van der Waals surface area contributed by atoms with Crippen molar-refractivity contribution in [3.05, 3.63) is 58.7 Å². The zero-order valence-electron chi connectivity index (χ0n) is 16.1. The van der Waals surface area contributed by atoms with E-state index in [0.29, 0.717) is 13.1 Å². The van der Waals surface area contributed by atoms with Crippen molar-refractivity contribution in [1.29, 1.82) is 0 Å². The second-order valence-corrected chi connectivity index (χ2v) is 7.24. The highest BCUT2D eigenvalue weighted by atomic mass is 35.5. The summed E-state index contributed by atoms with van der Waals surface area (Å²) >= 11 is 0. The van der Waals surface area contributed by atoms with Crippen LogP contribution in [0, 0.1) is 0 Å². The lowest BCUT2D eigenvalue weighted by Gasteiger charge is -2.10. The van der Waals surface area contributed by atoms with Crippen molar-refractivity contribution in [2.45, 2.75) is 6.42 Å². The summed E-state index contributed by atoms with van der Waals surface area (Å²) in [5.74, 6) is 0.260. The standard InChI is InChI=1S/C21H24N2O2.2ClH/c1-22(2)12-20(24)14-5-7-18-16(9-14)11-17-10-15(6-8-19(17)18)21(25)13-23(3)4;;/h5-10H,11-13H2,1-4H3;2*1H. The van der Waals surface area contributed by atoms with Gasteiger partial charge in [0.15, 0.2) is 11.6 Å². The molecule has 6 heteroatoms. The third-order valence-corrected chi connectivity index (χ3v) is 4.45. The van der Waals surface area contributed by atoms with Crippen molar-refractivity contribution in [2.24, 2.45) is 0 Å². The van der Waals surface area contributed by atoms with Gasteiger partial charge in [0.25, 0.3) is 0 Å². The number of fused-ring (bicyclic) bond motifs is 3. The normalized spacial score (nSPS) is 11.5. The number of carbonyl (C=O) groups excluding carboxylic acids is 2. The van der Waals surface area contributed by atoms with Gasteiger partial charge in [0.2, 0.25) is 0 Å². The van der Waals surface area contributed by atoms with E-state index in [1.807, 2.05) is 74.4 Å². The van der Waals surface area contributed by atoms with Crippen LogP contribution >= 0.6 is 24.8 Å². The number of nitrogens with zero attached hydrogens (tertiary/aromatic N) is 2. The van der Waals surface area contributed by atoms with Crippen molar-refractivity contribution < 1.29 is 9.59 Å². The minimum Gasteiger partial charge on any atom is -0.302 e. The molecule has 0 saturated heterocycles. The van der Waals surface area contributed by atoms with Gasteiger partial charge in [-0.15, -0.1) is 24.8 Å². The summed E-state index contributed by atoms with van der Waals surface area (Å²) in [5.41, 5.74) is 6.17. The quantitative estimate of drug-likeness (QED) is 0.584. The van der Waals surface area contributed by atoms with E-state index in [1.54, 1.807) is 0 Å². The van der Waals surface area contributed by atoms with Crippen molar-refractivity contribution in [3.8, 4) is 11.1 Å². The molecule has 0 aromatic heterocycles. The fourth-order valence-electron chi connectivity index (χ4n) is 3.31. The lowest BCUT2D eigenvalue weighted by molar-refractivity contribution is 0.0949. The average molecular weight is 409 g/mol. The Morgan fingerprint density at radius 3 is 1.44 bits per heavy atom. The van der Waals surface area contributed by atoms with Crippen LogP contribution in [0.2, 0.25) is 0 Å². The van der Waals surface area contributed by atoms with E-state index in [1.165, 1.54) is 11.1 Å². The van der Waals surface area contributed by atoms with Crippen LogP contribution < -0.4 is 0 Å². The van der Waals surface area contributed by atoms with Crippen molar-refractivity contribution in [1.82, 2.24) is 9.80 Å². The molecule has 0 heterocycles. The summed E-state index contributed by atoms with van der Waals surface area (Å²) in [6.07, 6.45) is 0.775. The smallest absolute Gasteiger partial charge is 0.176 e. The largest absolute Gasteiger partial charge is 0.302 e. The Labute approximate surface area is 173 Å². The van der Waals surface area contributed by atoms with E-state index < -0.39 is 0 Å². The SMILES string of the molecule is CN(C)CC(=O)c1ccc2c(c1)Cc1cc(C(=O)CN(C)C)ccc1-2.Cl.Cl. The zero-order valence-corrected chi connectivity index (χ0v) is 17.7. The highest BCUT2D eigenvalue weighted by Crippen LogP contribution is 2.37. The lowest BCUT2D eigenvalue weighted by Crippen LogP contribution is -2.21. The molecule has 0 atom stereocenters. The van der Waals surface area contributed by atoms with Crippen molar-refractivity contribution >= 4 is 36.4 Å². The van der Waals surface area contributed by atoms with Gasteiger partial charge in [-0.3, -0.25) is 9.59 Å². The summed E-state index contributed by atoms with van der Waals surface area (Å²) in [5, 5.41) is 0. The minimum atomic E-state index is 0. The highest BCUT2D eigenvalue weighted by molar-refractivity contribution is 6.00. The van der Waals surface area contributed by atoms with E-state index in [-0.39, 0.29) is 36.4 Å². The molecule has 0 spiro atoms. The Balaban J connectivity index is 0.00000182. The molecule has 4 nitrogen and oxygen atoms in total. The van der Waals surface area contributed by atoms with Crippen LogP contribution in [0.1, 0.15) is 31.8 Å². The number of carbonyl (C=O) groups is 2. The monoisotopic (exact) mass is 408 g/mol. The first-order chi connectivity index (χ1) is 11.8. The third kappa shape index (κ3) is 5.17. The van der Waals surface area contributed by atoms with Crippen LogP contribution in [0.4, 0.5) is 0 Å². The molecule has 0 unspecified atom stereocenters. The van der Waals surface area contributed by atoms with Crippen LogP contribution in [0.25, 0.3) is 11.1 Å². The molecule has 0 radical (unpaired) electrons. The average Bonchev–Trinajstić information content (AvgIpc) is 2.90. The molecule has 2 aromatic rings. The van der Waals surface area contributed by atoms with Gasteiger partial charge in [0.1, 0.15) is 0 Å². The number of likely N-dealkylation sites (N-methyl/N-ethyl adjacent to an activating group) is 2. The molecule has 27 heavy (non-hydrogen) atoms. The number of halogens is 2. The van der Waals surface area contributed by atoms with Gasteiger partial charge in [0.05, 0.1) is 13.1 Å². The maximum absolute atomic E-state index is 12.3. The van der Waals surface area contributed by atoms with Gasteiger partial charge in [-0.1, -0.05) is 24.3 Å². The number of rotatable bonds is 6. The van der Waals surface area contributed by atoms with Gasteiger partial charge < -0.3 is 9.80 Å². The van der Waals surface area contributed by atoms with E-state index in [0.717, 1.165) is 28.7 Å². The van der Waals surface area contributed by atoms with Crippen LogP contribution in [-0.4, -0.2) is 62.6 Å². The Morgan fingerprint density at radius 2 is 1.11 bits per heavy atom. The van der Waals surface area contributed by atoms with E-state index in [4.69, 9.17) is 0 Å². The summed E-state index contributed by atoms with van der Waals surface area (Å²) < 4.78 is 0. The van der Waals surface area contributed by atoms with Crippen LogP contribution in [0.15, 0.2) is 36.4 Å². The van der Waals surface area contributed by atoms with Gasteiger partial charge in [-0.25, -0.2) is 0 Å². The topological polar surface area (TPSA) is 40.6 Å². The lowest BCUT2D eigenvalue weighted by atomic mass is 10.00. The molecular weight excluding hydrogens is 383 g/mol. The predicted octanol–water partition coefficient (Wildman–Crippen LogP) is 3.59. The molecule has 0 aliphatic heterocycles. The molecule has 0 saturated carbocycles. The van der Waals surface area contributed by atoms with Gasteiger partial charge >= 0.3 is 0 Å². The Morgan fingerprint density at radius 1 is 0.741 bits per heavy atom. The molecule has 0 amide bonds. The summed E-state index contributed by atoms with van der Waals surface area (Å²) in [6, 6.07) is 11.9. The first-order valence-electron chi connectivity index (χ1n) is 8.47. The Kier molecular flexibility index (Phi) is 8.18. The molecule has 2 aromatic carbocycles. The second-order valence-electron chi connectivity index (χ2n) is 7.24. The van der Waals surface area contributed by atoms with Crippen LogP contribution in [-0.2, 0) is 6.42 Å². The van der Waals surface area contributed by atoms with E-state index in [9.17, 15) is 9.59 Å². The second kappa shape index (κ2) is 9.47. The van der Waals surface area contributed by atoms with Gasteiger partial charge in [-0.05, 0) is 69.0 Å². The maximum atomic E-state index is 12.3. The minimum absolute atomic E-state index is 0. The van der Waals surface area contributed by atoms with Crippen molar-refractivity contribution in [2.75, 3.05) is 41.3 Å². The Bertz CT molecular complexity index is 779. The fraction of sp³-hybridized carbons (Fsp3) is 0.333. The zero-order chi connectivity index (χ0) is 18.1. The molecule has 1 aliphatic rings. The molecule has 0 N–H and O–H groups in total. The Hall–Kier alpha value is -1.72. The first-order valence-corrected chi connectivity index (χ1v) is 8.47. The van der Waals surface area contributed by atoms with Crippen LogP contribution in [0.3, 0.4) is 0 Å². The van der Waals surface area contributed by atoms with Crippen molar-refractivity contribution in [3.63, 3.8) is 0 Å². The molecular formula is C21H26Cl2N2O2. The predicted molar refractivity (Wildman–Crippen MR) is 115 cm³/mol. The number of ketones is 2. The van der Waals surface area contributed by atoms with E-state index in [2.05, 4.69) is 0 Å². The summed E-state index contributed by atoms with van der Waals surface area (Å²) in [6.45, 7) is 0.823. The third-order valence-electron chi connectivity index (χ3n) is 4.45. The summed E-state index contributed by atoms with van der Waals surface area (Å²) in [7, 11) is 7.58. The van der Waals surface area contributed by atoms with E-state index >= 15 is 0 Å². The number of benzene rings is 2.